The first-order chi connectivity index (χ1) is 6.27. The molecule has 13 heavy (non-hydrogen) atoms. The highest BCUT2D eigenvalue weighted by Gasteiger charge is 2.21. The Kier molecular flexibility index (Phi) is 4.18. The van der Waals surface area contributed by atoms with Crippen molar-refractivity contribution in [2.24, 2.45) is 11.7 Å². The quantitative estimate of drug-likeness (QED) is 0.607. The SMILES string of the molecule is COC(CN)C(=O)NCCC1CC1. The largest absolute Gasteiger partial charge is 0.370 e. The van der Waals surface area contributed by atoms with Crippen molar-refractivity contribution in [2.75, 3.05) is 20.2 Å². The molecule has 1 unspecified atom stereocenters. The van der Waals surface area contributed by atoms with Gasteiger partial charge in [-0.3, -0.25) is 4.79 Å². The van der Waals surface area contributed by atoms with Crippen LogP contribution in [-0.4, -0.2) is 32.2 Å². The summed E-state index contributed by atoms with van der Waals surface area (Å²) in [5.41, 5.74) is 5.34. The average Bonchev–Trinajstić information content (AvgIpc) is 2.90. The third kappa shape index (κ3) is 3.74. The van der Waals surface area contributed by atoms with Gasteiger partial charge in [0.1, 0.15) is 6.10 Å². The van der Waals surface area contributed by atoms with E-state index in [1.807, 2.05) is 0 Å². The summed E-state index contributed by atoms with van der Waals surface area (Å²) in [5, 5.41) is 2.81. The van der Waals surface area contributed by atoms with Crippen LogP contribution in [0.25, 0.3) is 0 Å². The minimum absolute atomic E-state index is 0.0920. The number of ether oxygens (including phenoxy) is 1. The Hall–Kier alpha value is -0.610. The van der Waals surface area contributed by atoms with Crippen LogP contribution >= 0.6 is 0 Å². The normalized spacial score (nSPS) is 18.3. The second-order valence-corrected chi connectivity index (χ2v) is 3.48. The van der Waals surface area contributed by atoms with E-state index >= 15 is 0 Å². The van der Waals surface area contributed by atoms with Crippen molar-refractivity contribution < 1.29 is 9.53 Å². The lowest BCUT2D eigenvalue weighted by Crippen LogP contribution is -2.40. The summed E-state index contributed by atoms with van der Waals surface area (Å²) in [6, 6.07) is 0. The molecule has 0 aromatic carbocycles. The van der Waals surface area contributed by atoms with E-state index in [0.29, 0.717) is 0 Å². The van der Waals surface area contributed by atoms with Crippen LogP contribution in [0.3, 0.4) is 0 Å². The van der Waals surface area contributed by atoms with Gasteiger partial charge < -0.3 is 15.8 Å². The fourth-order valence-electron chi connectivity index (χ4n) is 1.23. The van der Waals surface area contributed by atoms with E-state index in [0.717, 1.165) is 18.9 Å². The molecule has 4 heteroatoms. The standard InChI is InChI=1S/C9H18N2O2/c1-13-8(6-10)9(12)11-5-4-7-2-3-7/h7-8H,2-6,10H2,1H3,(H,11,12). The van der Waals surface area contributed by atoms with Crippen molar-refractivity contribution in [1.82, 2.24) is 5.32 Å². The molecule has 0 saturated heterocycles. The highest BCUT2D eigenvalue weighted by Crippen LogP contribution is 2.31. The van der Waals surface area contributed by atoms with Gasteiger partial charge in [-0.05, 0) is 12.3 Å². The Bertz CT molecular complexity index is 165. The first-order valence-corrected chi connectivity index (χ1v) is 4.78. The lowest BCUT2D eigenvalue weighted by Gasteiger charge is -2.12. The second-order valence-electron chi connectivity index (χ2n) is 3.48. The van der Waals surface area contributed by atoms with Gasteiger partial charge in [-0.2, -0.15) is 0 Å². The van der Waals surface area contributed by atoms with Crippen LogP contribution < -0.4 is 11.1 Å². The summed E-state index contributed by atoms with van der Waals surface area (Å²) in [6.45, 7) is 0.995. The van der Waals surface area contributed by atoms with Crippen LogP contribution in [0, 0.1) is 5.92 Å². The zero-order chi connectivity index (χ0) is 9.68. The van der Waals surface area contributed by atoms with E-state index < -0.39 is 6.10 Å². The Morgan fingerprint density at radius 1 is 1.69 bits per heavy atom. The molecule has 1 fully saturated rings. The molecular weight excluding hydrogens is 168 g/mol. The minimum Gasteiger partial charge on any atom is -0.370 e. The average molecular weight is 186 g/mol. The van der Waals surface area contributed by atoms with Gasteiger partial charge in [-0.1, -0.05) is 12.8 Å². The fourth-order valence-corrected chi connectivity index (χ4v) is 1.23. The number of rotatable bonds is 6. The molecule has 3 N–H and O–H groups in total. The summed E-state index contributed by atoms with van der Waals surface area (Å²) >= 11 is 0. The van der Waals surface area contributed by atoms with Crippen LogP contribution in [0.1, 0.15) is 19.3 Å². The molecule has 1 aliphatic carbocycles. The number of hydrogen-bond acceptors (Lipinski definition) is 3. The Morgan fingerprint density at radius 2 is 2.38 bits per heavy atom. The summed E-state index contributed by atoms with van der Waals surface area (Å²) < 4.78 is 4.90. The van der Waals surface area contributed by atoms with Crippen molar-refractivity contribution in [3.05, 3.63) is 0 Å². The predicted molar refractivity (Wildman–Crippen MR) is 50.2 cm³/mol. The van der Waals surface area contributed by atoms with Crippen LogP contribution in [0.4, 0.5) is 0 Å². The lowest BCUT2D eigenvalue weighted by molar-refractivity contribution is -0.130. The van der Waals surface area contributed by atoms with Crippen molar-refractivity contribution in [2.45, 2.75) is 25.4 Å². The van der Waals surface area contributed by atoms with E-state index in [-0.39, 0.29) is 12.5 Å². The first-order valence-electron chi connectivity index (χ1n) is 4.78. The summed E-state index contributed by atoms with van der Waals surface area (Å²) in [4.78, 5) is 11.3. The van der Waals surface area contributed by atoms with Crippen LogP contribution in [-0.2, 0) is 9.53 Å². The highest BCUT2D eigenvalue weighted by molar-refractivity contribution is 5.80. The molecule has 0 spiro atoms. The molecule has 0 heterocycles. The monoisotopic (exact) mass is 186 g/mol. The van der Waals surface area contributed by atoms with E-state index in [1.54, 1.807) is 0 Å². The number of amides is 1. The summed E-state index contributed by atoms with van der Waals surface area (Å²) in [6.07, 6.45) is 3.24. The Labute approximate surface area is 78.8 Å². The maximum atomic E-state index is 11.3. The van der Waals surface area contributed by atoms with Crippen LogP contribution in [0.15, 0.2) is 0 Å². The molecule has 0 aromatic rings. The number of methoxy groups -OCH3 is 1. The zero-order valence-corrected chi connectivity index (χ0v) is 8.08. The van der Waals surface area contributed by atoms with E-state index in [2.05, 4.69) is 5.32 Å². The summed E-state index contributed by atoms with van der Waals surface area (Å²) in [7, 11) is 1.50. The van der Waals surface area contributed by atoms with Gasteiger partial charge in [-0.15, -0.1) is 0 Å². The molecule has 1 atom stereocenters. The number of carbonyl (C=O) groups is 1. The van der Waals surface area contributed by atoms with Gasteiger partial charge in [0.2, 0.25) is 5.91 Å². The Balaban J connectivity index is 2.07. The van der Waals surface area contributed by atoms with Crippen molar-refractivity contribution in [1.29, 1.82) is 0 Å². The highest BCUT2D eigenvalue weighted by atomic mass is 16.5. The van der Waals surface area contributed by atoms with Crippen molar-refractivity contribution in [3.63, 3.8) is 0 Å². The molecule has 0 bridgehead atoms. The maximum Gasteiger partial charge on any atom is 0.250 e. The van der Waals surface area contributed by atoms with Gasteiger partial charge >= 0.3 is 0 Å². The number of hydrogen-bond donors (Lipinski definition) is 2. The minimum atomic E-state index is -0.487. The maximum absolute atomic E-state index is 11.3. The van der Waals surface area contributed by atoms with Crippen LogP contribution in [0.5, 0.6) is 0 Å². The van der Waals surface area contributed by atoms with E-state index in [1.165, 1.54) is 20.0 Å². The number of nitrogens with two attached hydrogens (primary N) is 1. The van der Waals surface area contributed by atoms with Crippen molar-refractivity contribution in [3.8, 4) is 0 Å². The smallest absolute Gasteiger partial charge is 0.250 e. The predicted octanol–water partition coefficient (Wildman–Crippen LogP) is -0.124. The summed E-state index contributed by atoms with van der Waals surface area (Å²) in [5.74, 6) is 0.754. The van der Waals surface area contributed by atoms with Gasteiger partial charge in [0.25, 0.3) is 0 Å². The van der Waals surface area contributed by atoms with Crippen LogP contribution in [0.2, 0.25) is 0 Å². The second kappa shape index (κ2) is 5.19. The number of nitrogens with one attached hydrogen (secondary N) is 1. The van der Waals surface area contributed by atoms with Gasteiger partial charge in [0, 0.05) is 20.2 Å². The molecule has 1 rings (SSSR count). The molecule has 1 amide bonds. The zero-order valence-electron chi connectivity index (χ0n) is 8.08. The molecule has 0 aliphatic heterocycles. The Morgan fingerprint density at radius 3 is 2.85 bits per heavy atom. The van der Waals surface area contributed by atoms with Crippen molar-refractivity contribution >= 4 is 5.91 Å². The van der Waals surface area contributed by atoms with Gasteiger partial charge in [0.15, 0.2) is 0 Å². The molecule has 1 aliphatic rings. The van der Waals surface area contributed by atoms with Gasteiger partial charge in [-0.25, -0.2) is 0 Å². The lowest BCUT2D eigenvalue weighted by atomic mass is 10.3. The van der Waals surface area contributed by atoms with Gasteiger partial charge in [0.05, 0.1) is 0 Å². The molecule has 76 valence electrons. The third-order valence-electron chi connectivity index (χ3n) is 2.34. The topological polar surface area (TPSA) is 64.3 Å². The van der Waals surface area contributed by atoms with E-state index in [9.17, 15) is 4.79 Å². The number of carbonyl (C=O) groups excluding carboxylic acids is 1. The third-order valence-corrected chi connectivity index (χ3v) is 2.34. The first kappa shape index (κ1) is 10.5. The molecule has 1 saturated carbocycles. The fraction of sp³-hybridized carbons (Fsp3) is 0.889. The molecule has 4 nitrogen and oxygen atoms in total. The van der Waals surface area contributed by atoms with E-state index in [4.69, 9.17) is 10.5 Å². The molecule has 0 aromatic heterocycles. The molecule has 0 radical (unpaired) electrons. The molecular formula is C9H18N2O2.